The predicted molar refractivity (Wildman–Crippen MR) is 112 cm³/mol. The quantitative estimate of drug-likeness (QED) is 0.636. The fraction of sp³-hybridized carbons (Fsp3) is 0.250. The van der Waals surface area contributed by atoms with Crippen molar-refractivity contribution in [3.8, 4) is 0 Å². The molecular formula is C20H20N4OS2. The Morgan fingerprint density at radius 1 is 1.19 bits per heavy atom. The van der Waals surface area contributed by atoms with E-state index in [9.17, 15) is 4.79 Å². The molecule has 1 N–H and O–H groups in total. The molecule has 0 bridgehead atoms. The van der Waals surface area contributed by atoms with Gasteiger partial charge < -0.3 is 10.2 Å². The summed E-state index contributed by atoms with van der Waals surface area (Å²) in [6, 6.07) is 16.2. The molecule has 3 aromatic rings. The summed E-state index contributed by atoms with van der Waals surface area (Å²) in [5.74, 6) is 0.119. The number of aryl methyl sites for hydroxylation is 1. The van der Waals surface area contributed by atoms with Gasteiger partial charge in [0.2, 0.25) is 11.0 Å². The van der Waals surface area contributed by atoms with Gasteiger partial charge in [-0.05, 0) is 44.0 Å². The van der Waals surface area contributed by atoms with E-state index in [1.807, 2.05) is 54.3 Å². The van der Waals surface area contributed by atoms with Crippen LogP contribution in [0.1, 0.15) is 18.1 Å². The summed E-state index contributed by atoms with van der Waals surface area (Å²) >= 11 is 2.93. The minimum Gasteiger partial charge on any atom is -0.330 e. The van der Waals surface area contributed by atoms with Gasteiger partial charge in [0.25, 0.3) is 0 Å². The summed E-state index contributed by atoms with van der Waals surface area (Å²) in [6.07, 6.45) is 0.919. The van der Waals surface area contributed by atoms with Gasteiger partial charge in [-0.25, -0.2) is 0 Å². The molecule has 2 heterocycles. The SMILES string of the molecule is Cc1ccc(Nc2nnc(S[C@H](C)C(=O)N3CCc4ccccc43)s2)cc1. The molecule has 0 spiro atoms. The van der Waals surface area contributed by atoms with E-state index in [0.717, 1.165) is 33.8 Å². The molecule has 2 aromatic carbocycles. The second-order valence-electron chi connectivity index (χ2n) is 6.49. The maximum Gasteiger partial charge on any atom is 0.240 e. The Kier molecular flexibility index (Phi) is 5.13. The van der Waals surface area contributed by atoms with E-state index in [4.69, 9.17) is 0 Å². The molecule has 0 aliphatic carbocycles. The summed E-state index contributed by atoms with van der Waals surface area (Å²) in [5.41, 5.74) is 4.47. The minimum absolute atomic E-state index is 0.119. The number of anilines is 3. The molecule has 1 aliphatic rings. The van der Waals surface area contributed by atoms with E-state index in [-0.39, 0.29) is 11.2 Å². The van der Waals surface area contributed by atoms with Crippen LogP contribution in [0.25, 0.3) is 0 Å². The number of aromatic nitrogens is 2. The van der Waals surface area contributed by atoms with Crippen molar-refractivity contribution in [2.75, 3.05) is 16.8 Å². The van der Waals surface area contributed by atoms with Crippen LogP contribution >= 0.6 is 23.1 Å². The molecule has 138 valence electrons. The molecule has 0 fully saturated rings. The van der Waals surface area contributed by atoms with E-state index >= 15 is 0 Å². The van der Waals surface area contributed by atoms with Crippen LogP contribution in [0, 0.1) is 6.92 Å². The third kappa shape index (κ3) is 3.99. The number of amides is 1. The van der Waals surface area contributed by atoms with Gasteiger partial charge in [-0.15, -0.1) is 10.2 Å². The fourth-order valence-electron chi connectivity index (χ4n) is 3.06. The molecule has 27 heavy (non-hydrogen) atoms. The van der Waals surface area contributed by atoms with Gasteiger partial charge in [-0.2, -0.15) is 0 Å². The first-order valence-electron chi connectivity index (χ1n) is 8.83. The molecule has 1 aliphatic heterocycles. The highest BCUT2D eigenvalue weighted by Gasteiger charge is 2.28. The van der Waals surface area contributed by atoms with Crippen molar-refractivity contribution < 1.29 is 4.79 Å². The van der Waals surface area contributed by atoms with Gasteiger partial charge in [0, 0.05) is 17.9 Å². The molecule has 5 nitrogen and oxygen atoms in total. The number of rotatable bonds is 5. The number of hydrogen-bond acceptors (Lipinski definition) is 6. The van der Waals surface area contributed by atoms with Crippen molar-refractivity contribution in [3.63, 3.8) is 0 Å². The lowest BCUT2D eigenvalue weighted by atomic mass is 10.2. The summed E-state index contributed by atoms with van der Waals surface area (Å²) in [6.45, 7) is 4.74. The first kappa shape index (κ1) is 18.0. The minimum atomic E-state index is -0.212. The predicted octanol–water partition coefficient (Wildman–Crippen LogP) is 4.66. The maximum atomic E-state index is 12.9. The van der Waals surface area contributed by atoms with Gasteiger partial charge in [-0.3, -0.25) is 4.79 Å². The third-order valence-corrected chi connectivity index (χ3v) is 6.50. The molecule has 1 amide bonds. The van der Waals surface area contributed by atoms with E-state index in [0.29, 0.717) is 0 Å². The highest BCUT2D eigenvalue weighted by molar-refractivity contribution is 8.02. The topological polar surface area (TPSA) is 58.1 Å². The van der Waals surface area contributed by atoms with Crippen LogP contribution in [0.5, 0.6) is 0 Å². The Morgan fingerprint density at radius 3 is 2.78 bits per heavy atom. The number of carbonyl (C=O) groups is 1. The molecule has 0 unspecified atom stereocenters. The van der Waals surface area contributed by atoms with Gasteiger partial charge in [0.1, 0.15) is 0 Å². The number of fused-ring (bicyclic) bond motifs is 1. The Morgan fingerprint density at radius 2 is 1.96 bits per heavy atom. The smallest absolute Gasteiger partial charge is 0.240 e. The molecular weight excluding hydrogens is 376 g/mol. The van der Waals surface area contributed by atoms with Crippen LogP contribution in [0.3, 0.4) is 0 Å². The number of benzene rings is 2. The van der Waals surface area contributed by atoms with Crippen molar-refractivity contribution in [2.45, 2.75) is 29.9 Å². The Balaban J connectivity index is 1.40. The van der Waals surface area contributed by atoms with Crippen LogP contribution in [0.2, 0.25) is 0 Å². The van der Waals surface area contributed by atoms with Crippen molar-refractivity contribution in [1.29, 1.82) is 0 Å². The molecule has 0 saturated carbocycles. The molecule has 0 saturated heterocycles. The molecule has 7 heteroatoms. The number of hydrogen-bond donors (Lipinski definition) is 1. The largest absolute Gasteiger partial charge is 0.330 e. The second kappa shape index (κ2) is 7.70. The Labute approximate surface area is 166 Å². The summed E-state index contributed by atoms with van der Waals surface area (Å²) in [4.78, 5) is 14.8. The maximum absolute atomic E-state index is 12.9. The summed E-state index contributed by atoms with van der Waals surface area (Å²) < 4.78 is 0.790. The van der Waals surface area contributed by atoms with E-state index < -0.39 is 0 Å². The summed E-state index contributed by atoms with van der Waals surface area (Å²) in [5, 5.41) is 12.2. The Bertz CT molecular complexity index is 955. The Hall–Kier alpha value is -2.38. The third-order valence-electron chi connectivity index (χ3n) is 4.49. The number of thioether (sulfide) groups is 1. The van der Waals surface area contributed by atoms with Crippen LogP contribution in [0.4, 0.5) is 16.5 Å². The van der Waals surface area contributed by atoms with Crippen LogP contribution in [-0.4, -0.2) is 27.9 Å². The molecule has 0 radical (unpaired) electrons. The zero-order valence-corrected chi connectivity index (χ0v) is 16.8. The van der Waals surface area contributed by atoms with Crippen molar-refractivity contribution in [2.24, 2.45) is 0 Å². The van der Waals surface area contributed by atoms with E-state index in [2.05, 4.69) is 28.5 Å². The highest BCUT2D eigenvalue weighted by atomic mass is 32.2. The summed E-state index contributed by atoms with van der Waals surface area (Å²) in [7, 11) is 0. The van der Waals surface area contributed by atoms with Gasteiger partial charge in [-0.1, -0.05) is 59.0 Å². The number of nitrogens with one attached hydrogen (secondary N) is 1. The number of carbonyl (C=O) groups excluding carboxylic acids is 1. The number of para-hydroxylation sites is 1. The van der Waals surface area contributed by atoms with Crippen molar-refractivity contribution >= 4 is 45.5 Å². The van der Waals surface area contributed by atoms with Gasteiger partial charge in [0.05, 0.1) is 5.25 Å². The van der Waals surface area contributed by atoms with Gasteiger partial charge in [0.15, 0.2) is 4.34 Å². The van der Waals surface area contributed by atoms with E-state index in [1.54, 1.807) is 0 Å². The highest BCUT2D eigenvalue weighted by Crippen LogP contribution is 2.34. The first-order valence-corrected chi connectivity index (χ1v) is 10.5. The molecule has 4 rings (SSSR count). The number of nitrogens with zero attached hydrogens (tertiary/aromatic N) is 3. The zero-order valence-electron chi connectivity index (χ0n) is 15.2. The standard InChI is InChI=1S/C20H20N4OS2/c1-13-7-9-16(10-8-13)21-19-22-23-20(27-19)26-14(2)18(25)24-12-11-15-5-3-4-6-17(15)24/h3-10,14H,11-12H2,1-2H3,(H,21,22)/t14-/m1/s1. The lowest BCUT2D eigenvalue weighted by molar-refractivity contribution is -0.117. The van der Waals surface area contributed by atoms with Gasteiger partial charge >= 0.3 is 0 Å². The van der Waals surface area contributed by atoms with Crippen LogP contribution in [-0.2, 0) is 11.2 Å². The first-order chi connectivity index (χ1) is 13.1. The molecule has 1 aromatic heterocycles. The molecule has 1 atom stereocenters. The average Bonchev–Trinajstić information content (AvgIpc) is 3.30. The van der Waals surface area contributed by atoms with E-state index in [1.165, 1.54) is 34.2 Å². The average molecular weight is 397 g/mol. The van der Waals surface area contributed by atoms with Crippen molar-refractivity contribution in [3.05, 3.63) is 59.7 Å². The fourth-order valence-corrected chi connectivity index (χ4v) is 5.03. The second-order valence-corrected chi connectivity index (χ2v) is 9.06. The monoisotopic (exact) mass is 396 g/mol. The lowest BCUT2D eigenvalue weighted by Gasteiger charge is -2.20. The normalized spacial score (nSPS) is 14.1. The van der Waals surface area contributed by atoms with Crippen LogP contribution < -0.4 is 10.2 Å². The zero-order chi connectivity index (χ0) is 18.8. The van der Waals surface area contributed by atoms with Crippen molar-refractivity contribution in [1.82, 2.24) is 10.2 Å². The van der Waals surface area contributed by atoms with Crippen LogP contribution in [0.15, 0.2) is 52.9 Å². The lowest BCUT2D eigenvalue weighted by Crippen LogP contribution is -2.35.